The van der Waals surface area contributed by atoms with Gasteiger partial charge in [-0.3, -0.25) is 4.79 Å². The molecule has 0 aromatic carbocycles. The number of hydrogen-bond acceptors (Lipinski definition) is 3. The van der Waals surface area contributed by atoms with Crippen LogP contribution in [0.2, 0.25) is 0 Å². The van der Waals surface area contributed by atoms with Gasteiger partial charge in [0.1, 0.15) is 5.82 Å². The van der Waals surface area contributed by atoms with Crippen molar-refractivity contribution in [3.05, 3.63) is 27.9 Å². The van der Waals surface area contributed by atoms with Crippen molar-refractivity contribution < 1.29 is 0 Å². The van der Waals surface area contributed by atoms with Crippen LogP contribution in [0.25, 0.3) is 0 Å². The Morgan fingerprint density at radius 2 is 2.36 bits per heavy atom. The minimum absolute atomic E-state index is 0.0989. The minimum atomic E-state index is -0.0989. The van der Waals surface area contributed by atoms with Crippen LogP contribution in [0, 0.1) is 5.41 Å². The van der Waals surface area contributed by atoms with Gasteiger partial charge in [0.2, 0.25) is 0 Å². The summed E-state index contributed by atoms with van der Waals surface area (Å²) in [5.74, 6) is 1.18. The second-order valence-corrected chi connectivity index (χ2v) is 4.57. The molecule has 1 aromatic heterocycles. The van der Waals surface area contributed by atoms with Gasteiger partial charge in [0.15, 0.2) is 0 Å². The van der Waals surface area contributed by atoms with Crippen LogP contribution >= 0.6 is 0 Å². The lowest BCUT2D eigenvalue weighted by molar-refractivity contribution is 0.605. The van der Waals surface area contributed by atoms with Gasteiger partial charge in [-0.2, -0.15) is 0 Å². The second-order valence-electron chi connectivity index (χ2n) is 4.57. The van der Waals surface area contributed by atoms with Crippen molar-refractivity contribution in [3.63, 3.8) is 0 Å². The van der Waals surface area contributed by atoms with Gasteiger partial charge < -0.3 is 10.7 Å². The average molecular weight is 193 g/mol. The number of hydrogen-bond donors (Lipinski definition) is 2. The van der Waals surface area contributed by atoms with E-state index in [-0.39, 0.29) is 11.0 Å². The zero-order valence-corrected chi connectivity index (χ0v) is 8.50. The van der Waals surface area contributed by atoms with Gasteiger partial charge in [-0.15, -0.1) is 0 Å². The van der Waals surface area contributed by atoms with E-state index in [1.165, 1.54) is 6.07 Å². The highest BCUT2D eigenvalue weighted by Crippen LogP contribution is 2.57. The van der Waals surface area contributed by atoms with Crippen LogP contribution in [-0.2, 0) is 6.54 Å². The summed E-state index contributed by atoms with van der Waals surface area (Å²) >= 11 is 0. The van der Waals surface area contributed by atoms with Crippen LogP contribution in [0.4, 0.5) is 0 Å². The molecule has 0 amide bonds. The first-order chi connectivity index (χ1) is 6.53. The molecule has 1 atom stereocenters. The molecule has 1 aliphatic carbocycles. The Kier molecular flexibility index (Phi) is 1.96. The van der Waals surface area contributed by atoms with E-state index in [1.54, 1.807) is 0 Å². The Morgan fingerprint density at radius 1 is 1.71 bits per heavy atom. The smallest absolute Gasteiger partial charge is 0.251 e. The molecule has 1 unspecified atom stereocenters. The molecule has 1 heterocycles. The Morgan fingerprint density at radius 3 is 2.86 bits per heavy atom. The summed E-state index contributed by atoms with van der Waals surface area (Å²) in [6.07, 6.45) is 1.09. The molecule has 1 fully saturated rings. The predicted molar refractivity (Wildman–Crippen MR) is 53.9 cm³/mol. The van der Waals surface area contributed by atoms with Gasteiger partial charge in [-0.25, -0.2) is 4.98 Å². The standard InChI is InChI=1S/C10H15N3O/c1-10(2)4-7(10)9-12-6(5-11)3-8(14)13-9/h3,7H,4-5,11H2,1-2H3,(H,12,13,14). The maximum atomic E-state index is 11.3. The summed E-state index contributed by atoms with van der Waals surface area (Å²) in [5.41, 5.74) is 6.32. The number of nitrogens with zero attached hydrogens (tertiary/aromatic N) is 1. The van der Waals surface area contributed by atoms with Gasteiger partial charge in [0, 0.05) is 18.5 Å². The molecule has 0 spiro atoms. The zero-order chi connectivity index (χ0) is 10.3. The Bertz CT molecular complexity index is 408. The number of nitrogens with one attached hydrogen (secondary N) is 1. The van der Waals surface area contributed by atoms with E-state index in [9.17, 15) is 4.79 Å². The van der Waals surface area contributed by atoms with E-state index < -0.39 is 0 Å². The third-order valence-electron chi connectivity index (χ3n) is 2.87. The highest BCUT2D eigenvalue weighted by Gasteiger charge is 2.48. The fraction of sp³-hybridized carbons (Fsp3) is 0.600. The van der Waals surface area contributed by atoms with E-state index in [2.05, 4.69) is 23.8 Å². The largest absolute Gasteiger partial charge is 0.325 e. The van der Waals surface area contributed by atoms with Gasteiger partial charge in [0.05, 0.1) is 5.69 Å². The van der Waals surface area contributed by atoms with Crippen LogP contribution in [0.1, 0.15) is 37.7 Å². The van der Waals surface area contributed by atoms with Crippen molar-refractivity contribution in [1.82, 2.24) is 9.97 Å². The first-order valence-electron chi connectivity index (χ1n) is 4.83. The van der Waals surface area contributed by atoms with E-state index in [4.69, 9.17) is 5.73 Å². The lowest BCUT2D eigenvalue weighted by atomic mass is 10.1. The maximum Gasteiger partial charge on any atom is 0.251 e. The van der Waals surface area contributed by atoms with E-state index >= 15 is 0 Å². The van der Waals surface area contributed by atoms with Crippen LogP contribution in [0.5, 0.6) is 0 Å². The first kappa shape index (κ1) is 9.40. The molecule has 14 heavy (non-hydrogen) atoms. The lowest BCUT2D eigenvalue weighted by Gasteiger charge is -2.04. The Balaban J connectivity index is 2.36. The highest BCUT2D eigenvalue weighted by atomic mass is 16.1. The van der Waals surface area contributed by atoms with Crippen molar-refractivity contribution >= 4 is 0 Å². The van der Waals surface area contributed by atoms with Crippen LogP contribution in [0.3, 0.4) is 0 Å². The molecule has 0 bridgehead atoms. The van der Waals surface area contributed by atoms with Gasteiger partial charge in [0.25, 0.3) is 5.56 Å². The van der Waals surface area contributed by atoms with Crippen molar-refractivity contribution in [1.29, 1.82) is 0 Å². The molecule has 1 aromatic rings. The molecule has 3 N–H and O–H groups in total. The Hall–Kier alpha value is -1.16. The second kappa shape index (κ2) is 2.92. The summed E-state index contributed by atoms with van der Waals surface area (Å²) in [7, 11) is 0. The Labute approximate surface area is 82.6 Å². The molecule has 0 saturated heterocycles. The number of aromatic amines is 1. The summed E-state index contributed by atoms with van der Waals surface area (Å²) in [5, 5.41) is 0. The molecule has 1 aliphatic rings. The van der Waals surface area contributed by atoms with Crippen LogP contribution in [0.15, 0.2) is 10.9 Å². The van der Waals surface area contributed by atoms with Gasteiger partial charge in [-0.1, -0.05) is 13.8 Å². The number of nitrogens with two attached hydrogens (primary N) is 1. The summed E-state index contributed by atoms with van der Waals surface area (Å²) in [4.78, 5) is 18.4. The summed E-state index contributed by atoms with van der Waals surface area (Å²) in [6, 6.07) is 1.46. The first-order valence-corrected chi connectivity index (χ1v) is 4.83. The molecule has 4 nitrogen and oxygen atoms in total. The van der Waals surface area contributed by atoms with Crippen molar-refractivity contribution in [2.24, 2.45) is 11.1 Å². The average Bonchev–Trinajstić information content (AvgIpc) is 2.74. The van der Waals surface area contributed by atoms with Crippen LogP contribution in [-0.4, -0.2) is 9.97 Å². The van der Waals surface area contributed by atoms with Crippen LogP contribution < -0.4 is 11.3 Å². The summed E-state index contributed by atoms with van der Waals surface area (Å²) in [6.45, 7) is 4.67. The number of rotatable bonds is 2. The minimum Gasteiger partial charge on any atom is -0.325 e. The molecular formula is C10H15N3O. The molecular weight excluding hydrogens is 178 g/mol. The maximum absolute atomic E-state index is 11.3. The monoisotopic (exact) mass is 193 g/mol. The molecule has 0 radical (unpaired) electrons. The lowest BCUT2D eigenvalue weighted by Crippen LogP contribution is -2.15. The zero-order valence-electron chi connectivity index (χ0n) is 8.50. The third-order valence-corrected chi connectivity index (χ3v) is 2.87. The van der Waals surface area contributed by atoms with E-state index in [1.807, 2.05) is 0 Å². The molecule has 2 rings (SSSR count). The normalized spacial score (nSPS) is 23.5. The fourth-order valence-corrected chi connectivity index (χ4v) is 1.73. The van der Waals surface area contributed by atoms with E-state index in [0.717, 1.165) is 12.2 Å². The molecule has 4 heteroatoms. The van der Waals surface area contributed by atoms with Crippen molar-refractivity contribution in [2.75, 3.05) is 0 Å². The molecule has 0 aliphatic heterocycles. The van der Waals surface area contributed by atoms with E-state index in [0.29, 0.717) is 18.2 Å². The highest BCUT2D eigenvalue weighted by molar-refractivity contribution is 5.17. The topological polar surface area (TPSA) is 71.8 Å². The third kappa shape index (κ3) is 1.57. The predicted octanol–water partition coefficient (Wildman–Crippen LogP) is 0.742. The fourth-order valence-electron chi connectivity index (χ4n) is 1.73. The van der Waals surface area contributed by atoms with Gasteiger partial charge >= 0.3 is 0 Å². The molecule has 1 saturated carbocycles. The van der Waals surface area contributed by atoms with Crippen molar-refractivity contribution in [3.8, 4) is 0 Å². The summed E-state index contributed by atoms with van der Waals surface area (Å²) < 4.78 is 0. The van der Waals surface area contributed by atoms with Crippen molar-refractivity contribution in [2.45, 2.75) is 32.7 Å². The quantitative estimate of drug-likeness (QED) is 0.727. The SMILES string of the molecule is CC1(C)CC1c1nc(CN)cc(=O)[nH]1. The molecule has 76 valence electrons. The number of aromatic nitrogens is 2. The van der Waals surface area contributed by atoms with Gasteiger partial charge in [-0.05, 0) is 11.8 Å². The number of H-pyrrole nitrogens is 1.